The molecule has 41 heavy (non-hydrogen) atoms. The summed E-state index contributed by atoms with van der Waals surface area (Å²) in [6.07, 6.45) is 0.710. The minimum absolute atomic E-state index is 0.0153. The van der Waals surface area contributed by atoms with Crippen molar-refractivity contribution in [1.29, 1.82) is 5.41 Å². The van der Waals surface area contributed by atoms with E-state index in [2.05, 4.69) is 19.9 Å². The van der Waals surface area contributed by atoms with Gasteiger partial charge in [-0.2, -0.15) is 13.2 Å². The summed E-state index contributed by atoms with van der Waals surface area (Å²) in [5, 5.41) is 8.09. The standard InChI is InChI=1S/C25H28F5N9O2/c26-24(27)7-9-37(13-24)22-33-10-14(11-34-22)39-19-17(23(20(39)40)5-1-2-6-23)18(31)35-16(36-19)12-41-21(32)38-8-3-4-15(38)25(28,29)30/h10-11,15,32H,1-9,12-13H2,(H2,31,35,36)/t15-/m1/s1. The van der Waals surface area contributed by atoms with E-state index in [1.54, 1.807) is 0 Å². The second kappa shape index (κ2) is 9.62. The highest BCUT2D eigenvalue weighted by Gasteiger charge is 2.55. The number of hydrogen-bond acceptors (Lipinski definition) is 9. The number of nitrogens with one attached hydrogen (secondary N) is 1. The van der Waals surface area contributed by atoms with Crippen LogP contribution in [0.25, 0.3) is 0 Å². The summed E-state index contributed by atoms with van der Waals surface area (Å²) in [7, 11) is 0. The van der Waals surface area contributed by atoms with Gasteiger partial charge < -0.3 is 20.3 Å². The third kappa shape index (κ3) is 4.66. The van der Waals surface area contributed by atoms with Crippen LogP contribution in [0.15, 0.2) is 12.4 Å². The molecule has 1 spiro atoms. The van der Waals surface area contributed by atoms with Gasteiger partial charge in [0, 0.05) is 19.5 Å². The number of anilines is 4. The molecule has 11 nitrogen and oxygen atoms in total. The Morgan fingerprint density at radius 2 is 1.80 bits per heavy atom. The van der Waals surface area contributed by atoms with Gasteiger partial charge in [-0.15, -0.1) is 0 Å². The highest BCUT2D eigenvalue weighted by Crippen LogP contribution is 2.54. The van der Waals surface area contributed by atoms with Crippen LogP contribution in [0.5, 0.6) is 0 Å². The molecule has 1 aliphatic carbocycles. The van der Waals surface area contributed by atoms with E-state index in [-0.39, 0.29) is 67.4 Å². The van der Waals surface area contributed by atoms with Gasteiger partial charge >= 0.3 is 6.18 Å². The van der Waals surface area contributed by atoms with Gasteiger partial charge in [-0.25, -0.2) is 28.7 Å². The molecule has 0 radical (unpaired) electrons. The number of fused-ring (bicyclic) bond motifs is 2. The topological polar surface area (TPSA) is 137 Å². The summed E-state index contributed by atoms with van der Waals surface area (Å²) in [6, 6.07) is -2.45. The van der Waals surface area contributed by atoms with Crippen LogP contribution in [-0.4, -0.2) is 74.5 Å². The van der Waals surface area contributed by atoms with Crippen molar-refractivity contribution < 1.29 is 31.5 Å². The second-order valence-electron chi connectivity index (χ2n) is 10.9. The molecule has 2 aromatic rings. The Morgan fingerprint density at radius 3 is 2.44 bits per heavy atom. The largest absolute Gasteiger partial charge is 0.457 e. The maximum Gasteiger partial charge on any atom is 0.408 e. The van der Waals surface area contributed by atoms with Crippen LogP contribution in [-0.2, 0) is 21.6 Å². The van der Waals surface area contributed by atoms with Crippen LogP contribution < -0.4 is 15.5 Å². The summed E-state index contributed by atoms with van der Waals surface area (Å²) < 4.78 is 72.8. The lowest BCUT2D eigenvalue weighted by Gasteiger charge is -2.27. The predicted molar refractivity (Wildman–Crippen MR) is 136 cm³/mol. The number of alkyl halides is 5. The van der Waals surface area contributed by atoms with Crippen LogP contribution in [0, 0.1) is 5.41 Å². The number of nitrogens with two attached hydrogens (primary N) is 1. The molecule has 5 heterocycles. The maximum absolute atomic E-state index is 13.9. The van der Waals surface area contributed by atoms with E-state index >= 15 is 0 Å². The fourth-order valence-electron chi connectivity index (χ4n) is 6.36. The van der Waals surface area contributed by atoms with Crippen molar-refractivity contribution >= 4 is 35.2 Å². The predicted octanol–water partition coefficient (Wildman–Crippen LogP) is 3.66. The van der Waals surface area contributed by atoms with Gasteiger partial charge in [0.2, 0.25) is 11.9 Å². The average Bonchev–Trinajstić information content (AvgIpc) is 3.70. The fraction of sp³-hybridized carbons (Fsp3) is 0.600. The molecule has 1 atom stereocenters. The Kier molecular flexibility index (Phi) is 6.41. The minimum Gasteiger partial charge on any atom is -0.457 e. The Bertz CT molecular complexity index is 1360. The van der Waals surface area contributed by atoms with Crippen LogP contribution in [0.2, 0.25) is 0 Å². The first-order valence-corrected chi connectivity index (χ1v) is 13.4. The molecule has 3 aliphatic heterocycles. The van der Waals surface area contributed by atoms with Crippen molar-refractivity contribution in [3.63, 3.8) is 0 Å². The van der Waals surface area contributed by atoms with E-state index < -0.39 is 42.7 Å². The third-order valence-electron chi connectivity index (χ3n) is 8.29. The molecule has 0 aromatic carbocycles. The molecule has 16 heteroatoms. The number of halogens is 5. The van der Waals surface area contributed by atoms with Crippen molar-refractivity contribution in [2.75, 3.05) is 35.2 Å². The molecular weight excluding hydrogens is 553 g/mol. The van der Waals surface area contributed by atoms with E-state index in [1.807, 2.05) is 0 Å². The lowest BCUT2D eigenvalue weighted by Crippen LogP contribution is -2.45. The number of carbonyl (C=O) groups is 1. The Hall–Kier alpha value is -3.85. The first-order valence-electron chi connectivity index (χ1n) is 13.4. The van der Waals surface area contributed by atoms with Gasteiger partial charge in [0.1, 0.15) is 17.7 Å². The smallest absolute Gasteiger partial charge is 0.408 e. The van der Waals surface area contributed by atoms with Crippen molar-refractivity contribution in [3.05, 3.63) is 23.8 Å². The van der Waals surface area contributed by atoms with E-state index in [0.717, 1.165) is 17.7 Å². The highest BCUT2D eigenvalue weighted by molar-refractivity contribution is 6.13. The normalized spacial score (nSPS) is 23.1. The molecule has 2 saturated heterocycles. The van der Waals surface area contributed by atoms with Crippen molar-refractivity contribution in [3.8, 4) is 0 Å². The molecule has 2 aromatic heterocycles. The van der Waals surface area contributed by atoms with E-state index in [9.17, 15) is 26.7 Å². The van der Waals surface area contributed by atoms with E-state index in [1.165, 1.54) is 22.2 Å². The number of amides is 1. The second-order valence-corrected chi connectivity index (χ2v) is 10.9. The minimum atomic E-state index is -4.50. The Morgan fingerprint density at radius 1 is 1.10 bits per heavy atom. The number of hydrogen-bond donors (Lipinski definition) is 2. The van der Waals surface area contributed by atoms with Crippen molar-refractivity contribution in [1.82, 2.24) is 24.8 Å². The van der Waals surface area contributed by atoms with Crippen LogP contribution in [0.4, 0.5) is 45.2 Å². The molecule has 1 saturated carbocycles. The summed E-state index contributed by atoms with van der Waals surface area (Å²) >= 11 is 0. The fourth-order valence-corrected chi connectivity index (χ4v) is 6.36. The lowest BCUT2D eigenvalue weighted by molar-refractivity contribution is -0.169. The number of rotatable bonds is 4. The zero-order valence-electron chi connectivity index (χ0n) is 21.9. The molecule has 0 bridgehead atoms. The number of nitrogens with zero attached hydrogens (tertiary/aromatic N) is 7. The number of carbonyl (C=O) groups excluding carboxylic acids is 1. The molecule has 0 unspecified atom stereocenters. The van der Waals surface area contributed by atoms with Gasteiger partial charge in [0.25, 0.3) is 11.9 Å². The zero-order chi connectivity index (χ0) is 29.2. The first kappa shape index (κ1) is 27.3. The van der Waals surface area contributed by atoms with Gasteiger partial charge in [-0.05, 0) is 25.7 Å². The lowest BCUT2D eigenvalue weighted by atomic mass is 9.80. The third-order valence-corrected chi connectivity index (χ3v) is 8.29. The van der Waals surface area contributed by atoms with E-state index in [4.69, 9.17) is 15.9 Å². The molecule has 1 amide bonds. The van der Waals surface area contributed by atoms with Gasteiger partial charge in [0.05, 0.1) is 35.6 Å². The quantitative estimate of drug-likeness (QED) is 0.315. The molecule has 4 aliphatic rings. The summed E-state index contributed by atoms with van der Waals surface area (Å²) in [5.74, 6) is -2.78. The van der Waals surface area contributed by atoms with Gasteiger partial charge in [-0.3, -0.25) is 15.1 Å². The average molecular weight is 582 g/mol. The number of ether oxygens (including phenoxy) is 1. The SMILES string of the molecule is N=C(OCc1nc(N)c2c(n1)N(c1cnc(N3CCC(F)(F)C3)nc1)C(=O)C21CCCC1)N1CCC[C@@H]1C(F)(F)F. The van der Waals surface area contributed by atoms with Gasteiger partial charge in [0.15, 0.2) is 12.4 Å². The number of amidine groups is 1. The summed E-state index contributed by atoms with van der Waals surface area (Å²) in [6.45, 7) is -0.800. The number of likely N-dealkylation sites (tertiary alicyclic amines) is 1. The summed E-state index contributed by atoms with van der Waals surface area (Å²) in [4.78, 5) is 34.7. The van der Waals surface area contributed by atoms with Crippen LogP contribution in [0.3, 0.4) is 0 Å². The monoisotopic (exact) mass is 581 g/mol. The number of aromatic nitrogens is 4. The van der Waals surface area contributed by atoms with Crippen molar-refractivity contribution in [2.24, 2.45) is 0 Å². The highest BCUT2D eigenvalue weighted by atomic mass is 19.4. The summed E-state index contributed by atoms with van der Waals surface area (Å²) in [5.41, 5.74) is 6.13. The maximum atomic E-state index is 13.9. The van der Waals surface area contributed by atoms with E-state index in [0.29, 0.717) is 18.4 Å². The Balaban J connectivity index is 1.28. The first-order chi connectivity index (χ1) is 19.4. The molecule has 6 rings (SSSR count). The van der Waals surface area contributed by atoms with Crippen molar-refractivity contribution in [2.45, 2.75) is 75.1 Å². The number of nitrogen functional groups attached to an aromatic ring is 1. The Labute approximate surface area is 231 Å². The molecular formula is C25H28F5N9O2. The zero-order valence-corrected chi connectivity index (χ0v) is 21.9. The van der Waals surface area contributed by atoms with Gasteiger partial charge in [-0.1, -0.05) is 12.8 Å². The molecule has 3 fully saturated rings. The molecule has 3 N–H and O–H groups in total. The van der Waals surface area contributed by atoms with Crippen LogP contribution in [0.1, 0.15) is 56.3 Å². The van der Waals surface area contributed by atoms with Crippen LogP contribution >= 0.6 is 0 Å². The molecule has 220 valence electrons.